The van der Waals surface area contributed by atoms with Crippen LogP contribution in [0.25, 0.3) is 0 Å². The van der Waals surface area contributed by atoms with Crippen molar-refractivity contribution in [3.8, 4) is 0 Å². The van der Waals surface area contributed by atoms with Gasteiger partial charge in [0, 0.05) is 12.1 Å². The predicted molar refractivity (Wildman–Crippen MR) is 104 cm³/mol. The van der Waals surface area contributed by atoms with Crippen molar-refractivity contribution < 1.29 is 14.0 Å². The Morgan fingerprint density at radius 2 is 1.88 bits per heavy atom. The van der Waals surface area contributed by atoms with Crippen LogP contribution in [-0.2, 0) is 11.3 Å². The van der Waals surface area contributed by atoms with Crippen LogP contribution in [-0.4, -0.2) is 29.9 Å². The maximum Gasteiger partial charge on any atom is 0.251 e. The largest absolute Gasteiger partial charge is 0.350 e. The molecule has 1 atom stereocenters. The van der Waals surface area contributed by atoms with Crippen LogP contribution in [0.4, 0.5) is 4.39 Å². The monoisotopic (exact) mass is 374 g/mol. The van der Waals surface area contributed by atoms with Gasteiger partial charge in [-0.15, -0.1) is 0 Å². The van der Waals surface area contributed by atoms with Crippen molar-refractivity contribution in [1.29, 1.82) is 0 Å². The summed E-state index contributed by atoms with van der Waals surface area (Å²) >= 11 is 1.62. The van der Waals surface area contributed by atoms with Crippen LogP contribution in [0, 0.1) is 12.7 Å². The Hall–Kier alpha value is -2.34. The molecule has 26 heavy (non-hydrogen) atoms. The quantitative estimate of drug-likeness (QED) is 0.745. The molecule has 0 aliphatic rings. The number of hydrogen-bond acceptors (Lipinski definition) is 3. The van der Waals surface area contributed by atoms with Gasteiger partial charge in [0.05, 0.1) is 0 Å². The van der Waals surface area contributed by atoms with Crippen molar-refractivity contribution in [2.75, 3.05) is 12.0 Å². The van der Waals surface area contributed by atoms with Crippen molar-refractivity contribution in [2.24, 2.45) is 0 Å². The molecule has 2 amide bonds. The summed E-state index contributed by atoms with van der Waals surface area (Å²) in [5, 5.41) is 5.63. The molecule has 0 heterocycles. The van der Waals surface area contributed by atoms with Gasteiger partial charge in [0.15, 0.2) is 0 Å². The van der Waals surface area contributed by atoms with Gasteiger partial charge in [-0.3, -0.25) is 9.59 Å². The smallest absolute Gasteiger partial charge is 0.251 e. The first-order valence-corrected chi connectivity index (χ1v) is 9.77. The Morgan fingerprint density at radius 3 is 2.54 bits per heavy atom. The van der Waals surface area contributed by atoms with Gasteiger partial charge in [0.2, 0.25) is 5.91 Å². The van der Waals surface area contributed by atoms with E-state index in [0.717, 1.165) is 16.9 Å². The van der Waals surface area contributed by atoms with Gasteiger partial charge in [0.1, 0.15) is 11.9 Å². The van der Waals surface area contributed by atoms with E-state index in [0.29, 0.717) is 12.0 Å². The van der Waals surface area contributed by atoms with Crippen LogP contribution in [0.5, 0.6) is 0 Å². The standard InChI is InChI=1S/C20H23FN2O2S/c1-14-4-3-5-16(12-14)19(24)23-18(10-11-26-2)20(25)22-13-15-6-8-17(21)9-7-15/h3-9,12,18H,10-11,13H2,1-2H3,(H,22,25)(H,23,24). The summed E-state index contributed by atoms with van der Waals surface area (Å²) in [7, 11) is 0. The number of carbonyl (C=O) groups excluding carboxylic acids is 2. The van der Waals surface area contributed by atoms with Gasteiger partial charge in [0.25, 0.3) is 5.91 Å². The zero-order valence-corrected chi connectivity index (χ0v) is 15.7. The number of aryl methyl sites for hydroxylation is 1. The van der Waals surface area contributed by atoms with Crippen LogP contribution in [0.2, 0.25) is 0 Å². The molecule has 0 fully saturated rings. The molecule has 2 N–H and O–H groups in total. The number of hydrogen-bond donors (Lipinski definition) is 2. The molecule has 0 aromatic heterocycles. The van der Waals surface area contributed by atoms with Crippen molar-refractivity contribution in [1.82, 2.24) is 10.6 Å². The van der Waals surface area contributed by atoms with Crippen molar-refractivity contribution in [3.05, 3.63) is 71.0 Å². The molecule has 0 aliphatic heterocycles. The highest BCUT2D eigenvalue weighted by Crippen LogP contribution is 2.07. The van der Waals surface area contributed by atoms with Crippen LogP contribution in [0.3, 0.4) is 0 Å². The van der Waals surface area contributed by atoms with Crippen molar-refractivity contribution >= 4 is 23.6 Å². The average Bonchev–Trinajstić information content (AvgIpc) is 2.64. The lowest BCUT2D eigenvalue weighted by Crippen LogP contribution is -2.46. The maximum atomic E-state index is 12.9. The Morgan fingerprint density at radius 1 is 1.15 bits per heavy atom. The van der Waals surface area contributed by atoms with Crippen molar-refractivity contribution in [3.63, 3.8) is 0 Å². The number of carbonyl (C=O) groups is 2. The van der Waals surface area contributed by atoms with Gasteiger partial charge in [-0.2, -0.15) is 11.8 Å². The Kier molecular flexibility index (Phi) is 7.66. The number of thioether (sulfide) groups is 1. The van der Waals surface area contributed by atoms with E-state index in [1.165, 1.54) is 12.1 Å². The second kappa shape index (κ2) is 9.97. The first-order chi connectivity index (χ1) is 12.5. The lowest BCUT2D eigenvalue weighted by molar-refractivity contribution is -0.123. The van der Waals surface area contributed by atoms with E-state index in [2.05, 4.69) is 10.6 Å². The third kappa shape index (κ3) is 6.19. The number of nitrogens with one attached hydrogen (secondary N) is 2. The summed E-state index contributed by atoms with van der Waals surface area (Å²) in [4.78, 5) is 25.0. The molecule has 0 radical (unpaired) electrons. The van der Waals surface area contributed by atoms with Crippen molar-refractivity contribution in [2.45, 2.75) is 25.9 Å². The minimum absolute atomic E-state index is 0.246. The van der Waals surface area contributed by atoms with E-state index in [-0.39, 0.29) is 24.2 Å². The first-order valence-electron chi connectivity index (χ1n) is 8.38. The summed E-state index contributed by atoms with van der Waals surface area (Å²) < 4.78 is 12.9. The molecular formula is C20H23FN2O2S. The van der Waals surface area contributed by atoms with Crippen LogP contribution in [0.1, 0.15) is 27.9 Å². The van der Waals surface area contributed by atoms with Gasteiger partial charge in [-0.25, -0.2) is 4.39 Å². The fraction of sp³-hybridized carbons (Fsp3) is 0.300. The van der Waals surface area contributed by atoms with Crippen LogP contribution < -0.4 is 10.6 Å². The fourth-order valence-corrected chi connectivity index (χ4v) is 2.92. The minimum atomic E-state index is -0.615. The second-order valence-electron chi connectivity index (χ2n) is 6.02. The van der Waals surface area contributed by atoms with E-state index < -0.39 is 6.04 Å². The summed E-state index contributed by atoms with van der Waals surface area (Å²) in [5.74, 6) is -0.0765. The molecule has 1 unspecified atom stereocenters. The topological polar surface area (TPSA) is 58.2 Å². The fourth-order valence-electron chi connectivity index (χ4n) is 2.45. The number of halogens is 1. The molecule has 138 valence electrons. The van der Waals surface area contributed by atoms with Crippen LogP contribution >= 0.6 is 11.8 Å². The molecule has 2 aromatic rings. The van der Waals surface area contributed by atoms with E-state index in [1.54, 1.807) is 36.0 Å². The summed E-state index contributed by atoms with van der Waals surface area (Å²) in [6.45, 7) is 2.20. The number of rotatable bonds is 8. The number of benzene rings is 2. The molecule has 0 saturated carbocycles. The maximum absolute atomic E-state index is 12.9. The van der Waals surface area contributed by atoms with E-state index in [1.807, 2.05) is 25.3 Å². The SMILES string of the molecule is CSCCC(NC(=O)c1cccc(C)c1)C(=O)NCc1ccc(F)cc1. The Bertz CT molecular complexity index is 750. The zero-order chi connectivity index (χ0) is 18.9. The average molecular weight is 374 g/mol. The van der Waals surface area contributed by atoms with Gasteiger partial charge >= 0.3 is 0 Å². The van der Waals surface area contributed by atoms with Gasteiger partial charge in [-0.1, -0.05) is 29.8 Å². The highest BCUT2D eigenvalue weighted by Gasteiger charge is 2.21. The first kappa shape index (κ1) is 20.0. The third-order valence-electron chi connectivity index (χ3n) is 3.89. The molecule has 0 aliphatic carbocycles. The highest BCUT2D eigenvalue weighted by atomic mass is 32.2. The number of amides is 2. The van der Waals surface area contributed by atoms with Crippen LogP contribution in [0.15, 0.2) is 48.5 Å². The summed E-state index contributed by atoms with van der Waals surface area (Å²) in [6.07, 6.45) is 2.49. The molecule has 0 bridgehead atoms. The lowest BCUT2D eigenvalue weighted by atomic mass is 10.1. The van der Waals surface area contributed by atoms with E-state index in [9.17, 15) is 14.0 Å². The Labute approximate surface area is 157 Å². The molecule has 0 spiro atoms. The summed E-state index contributed by atoms with van der Waals surface area (Å²) in [5.41, 5.74) is 2.32. The highest BCUT2D eigenvalue weighted by molar-refractivity contribution is 7.98. The van der Waals surface area contributed by atoms with E-state index in [4.69, 9.17) is 0 Å². The predicted octanol–water partition coefficient (Wildman–Crippen LogP) is 3.30. The van der Waals surface area contributed by atoms with Gasteiger partial charge in [-0.05, 0) is 55.2 Å². The Balaban J connectivity index is 1.99. The second-order valence-corrected chi connectivity index (χ2v) is 7.01. The molecular weight excluding hydrogens is 351 g/mol. The molecule has 0 saturated heterocycles. The minimum Gasteiger partial charge on any atom is -0.350 e. The van der Waals surface area contributed by atoms with E-state index >= 15 is 0 Å². The molecule has 2 aromatic carbocycles. The third-order valence-corrected chi connectivity index (χ3v) is 4.54. The zero-order valence-electron chi connectivity index (χ0n) is 14.9. The summed E-state index contributed by atoms with van der Waals surface area (Å²) in [6, 6.07) is 12.6. The molecule has 6 heteroatoms. The molecule has 2 rings (SSSR count). The lowest BCUT2D eigenvalue weighted by Gasteiger charge is -2.18. The molecule has 4 nitrogen and oxygen atoms in total. The normalized spacial score (nSPS) is 11.7. The van der Waals surface area contributed by atoms with Gasteiger partial charge < -0.3 is 10.6 Å².